The number of nitrogens with one attached hydrogen (secondary N) is 1. The van der Waals surface area contributed by atoms with Gasteiger partial charge in [0.2, 0.25) is 10.0 Å². The van der Waals surface area contributed by atoms with Crippen LogP contribution in [0, 0.1) is 0 Å². The predicted molar refractivity (Wildman–Crippen MR) is 106 cm³/mol. The van der Waals surface area contributed by atoms with Crippen molar-refractivity contribution in [3.05, 3.63) is 48.5 Å². The average molecular weight is 404 g/mol. The summed E-state index contributed by atoms with van der Waals surface area (Å²) in [7, 11) is -3.53. The Kier molecular flexibility index (Phi) is 6.53. The molecule has 1 saturated heterocycles. The van der Waals surface area contributed by atoms with Crippen molar-refractivity contribution in [1.82, 2.24) is 4.31 Å². The largest absolute Gasteiger partial charge is 0.490 e. The van der Waals surface area contributed by atoms with E-state index in [-0.39, 0.29) is 17.4 Å². The molecule has 1 N–H and O–H groups in total. The van der Waals surface area contributed by atoms with Crippen LogP contribution in [0.2, 0.25) is 0 Å². The fourth-order valence-corrected chi connectivity index (χ4v) is 4.56. The van der Waals surface area contributed by atoms with Gasteiger partial charge in [0, 0.05) is 18.8 Å². The van der Waals surface area contributed by atoms with Crippen LogP contribution in [0.5, 0.6) is 11.5 Å². The van der Waals surface area contributed by atoms with Crippen LogP contribution in [0.25, 0.3) is 0 Å². The molecule has 2 aromatic carbocycles. The molecule has 8 heteroatoms. The lowest BCUT2D eigenvalue weighted by Gasteiger charge is -2.16. The van der Waals surface area contributed by atoms with E-state index in [2.05, 4.69) is 5.32 Å². The molecule has 2 aromatic rings. The Balaban J connectivity index is 1.63. The first kappa shape index (κ1) is 20.2. The second-order valence-corrected chi connectivity index (χ2v) is 8.29. The van der Waals surface area contributed by atoms with Gasteiger partial charge in [-0.05, 0) is 50.1 Å². The number of nitrogens with zero attached hydrogens (tertiary/aromatic N) is 1. The van der Waals surface area contributed by atoms with Gasteiger partial charge in [0.25, 0.3) is 5.91 Å². The van der Waals surface area contributed by atoms with Crippen molar-refractivity contribution in [2.45, 2.75) is 24.7 Å². The van der Waals surface area contributed by atoms with Gasteiger partial charge in [-0.15, -0.1) is 0 Å². The lowest BCUT2D eigenvalue weighted by molar-refractivity contribution is -0.118. The van der Waals surface area contributed by atoms with Crippen LogP contribution in [-0.4, -0.2) is 44.9 Å². The Morgan fingerprint density at radius 1 is 1.04 bits per heavy atom. The first-order valence-corrected chi connectivity index (χ1v) is 10.7. The third kappa shape index (κ3) is 4.82. The SMILES string of the molecule is CCOc1ccccc1OCC(=O)Nc1cccc(S(=O)(=O)N2CCCC2)c1. The van der Waals surface area contributed by atoms with Gasteiger partial charge in [0.05, 0.1) is 11.5 Å². The van der Waals surface area contributed by atoms with Gasteiger partial charge < -0.3 is 14.8 Å². The molecular formula is C20H24N2O5S. The summed E-state index contributed by atoms with van der Waals surface area (Å²) < 4.78 is 37.8. The smallest absolute Gasteiger partial charge is 0.262 e. The number of ether oxygens (including phenoxy) is 2. The number of sulfonamides is 1. The Morgan fingerprint density at radius 3 is 2.39 bits per heavy atom. The van der Waals surface area contributed by atoms with Gasteiger partial charge in [-0.25, -0.2) is 8.42 Å². The number of hydrogen-bond acceptors (Lipinski definition) is 5. The molecule has 0 saturated carbocycles. The Bertz CT molecular complexity index is 924. The van der Waals surface area contributed by atoms with Gasteiger partial charge in [-0.3, -0.25) is 4.79 Å². The van der Waals surface area contributed by atoms with E-state index in [1.54, 1.807) is 30.3 Å². The zero-order chi connectivity index (χ0) is 20.0. The molecule has 0 atom stereocenters. The molecule has 3 rings (SSSR count). The highest BCUT2D eigenvalue weighted by atomic mass is 32.2. The number of rotatable bonds is 8. The van der Waals surface area contributed by atoms with Crippen LogP contribution in [0.1, 0.15) is 19.8 Å². The average Bonchev–Trinajstić information content (AvgIpc) is 3.23. The van der Waals surface area contributed by atoms with Crippen LogP contribution in [-0.2, 0) is 14.8 Å². The third-order valence-electron chi connectivity index (χ3n) is 4.33. The minimum absolute atomic E-state index is 0.176. The number of carbonyl (C=O) groups is 1. The highest BCUT2D eigenvalue weighted by molar-refractivity contribution is 7.89. The molecule has 0 radical (unpaired) electrons. The van der Waals surface area contributed by atoms with E-state index in [4.69, 9.17) is 9.47 Å². The molecule has 7 nitrogen and oxygen atoms in total. The number of carbonyl (C=O) groups excluding carboxylic acids is 1. The van der Waals surface area contributed by atoms with E-state index in [0.717, 1.165) is 12.8 Å². The summed E-state index contributed by atoms with van der Waals surface area (Å²) in [5.74, 6) is 0.656. The number of anilines is 1. The van der Waals surface area contributed by atoms with Gasteiger partial charge in [0.15, 0.2) is 18.1 Å². The highest BCUT2D eigenvalue weighted by Crippen LogP contribution is 2.26. The maximum absolute atomic E-state index is 12.7. The van der Waals surface area contributed by atoms with Crippen molar-refractivity contribution in [3.63, 3.8) is 0 Å². The Morgan fingerprint density at radius 2 is 1.71 bits per heavy atom. The second-order valence-electron chi connectivity index (χ2n) is 6.36. The van der Waals surface area contributed by atoms with Crippen LogP contribution in [0.15, 0.2) is 53.4 Å². The van der Waals surface area contributed by atoms with Crippen molar-refractivity contribution < 1.29 is 22.7 Å². The number of hydrogen-bond donors (Lipinski definition) is 1. The molecule has 1 aliphatic heterocycles. The van der Waals surface area contributed by atoms with Crippen molar-refractivity contribution in [3.8, 4) is 11.5 Å². The Hall–Kier alpha value is -2.58. The minimum Gasteiger partial charge on any atom is -0.490 e. The second kappa shape index (κ2) is 9.07. The van der Waals surface area contributed by atoms with Crippen LogP contribution >= 0.6 is 0 Å². The fraction of sp³-hybridized carbons (Fsp3) is 0.350. The molecule has 1 amide bonds. The van der Waals surface area contributed by atoms with Crippen LogP contribution in [0.3, 0.4) is 0 Å². The zero-order valence-electron chi connectivity index (χ0n) is 15.8. The first-order chi connectivity index (χ1) is 13.5. The van der Waals surface area contributed by atoms with Gasteiger partial charge in [-0.2, -0.15) is 4.31 Å². The summed E-state index contributed by atoms with van der Waals surface area (Å²) in [4.78, 5) is 12.4. The monoisotopic (exact) mass is 404 g/mol. The zero-order valence-corrected chi connectivity index (χ0v) is 16.6. The van der Waals surface area contributed by atoms with Gasteiger partial charge in [-0.1, -0.05) is 18.2 Å². The van der Waals surface area contributed by atoms with Gasteiger partial charge >= 0.3 is 0 Å². The molecule has 0 unspecified atom stereocenters. The molecule has 0 aliphatic carbocycles. The Labute approximate surface area is 165 Å². The van der Waals surface area contributed by atoms with Gasteiger partial charge in [0.1, 0.15) is 0 Å². The van der Waals surface area contributed by atoms with Crippen molar-refractivity contribution >= 4 is 21.6 Å². The molecule has 1 aliphatic rings. The molecule has 1 fully saturated rings. The topological polar surface area (TPSA) is 84.9 Å². The molecule has 150 valence electrons. The lowest BCUT2D eigenvalue weighted by atomic mass is 10.3. The van der Waals surface area contributed by atoms with E-state index in [1.165, 1.54) is 16.4 Å². The maximum Gasteiger partial charge on any atom is 0.262 e. The highest BCUT2D eigenvalue weighted by Gasteiger charge is 2.27. The first-order valence-electron chi connectivity index (χ1n) is 9.25. The van der Waals surface area contributed by atoms with Crippen molar-refractivity contribution in [2.24, 2.45) is 0 Å². The fourth-order valence-electron chi connectivity index (χ4n) is 3.00. The van der Waals surface area contributed by atoms with Crippen molar-refractivity contribution in [2.75, 3.05) is 31.6 Å². The van der Waals surface area contributed by atoms with E-state index in [0.29, 0.717) is 36.9 Å². The summed E-state index contributed by atoms with van der Waals surface area (Å²) in [5, 5.41) is 2.68. The molecule has 0 aromatic heterocycles. The van der Waals surface area contributed by atoms with E-state index in [1.807, 2.05) is 13.0 Å². The summed E-state index contributed by atoms with van der Waals surface area (Å²) in [6.45, 7) is 3.21. The molecule has 0 spiro atoms. The minimum atomic E-state index is -3.53. The third-order valence-corrected chi connectivity index (χ3v) is 6.22. The maximum atomic E-state index is 12.7. The summed E-state index contributed by atoms with van der Waals surface area (Å²) >= 11 is 0. The quantitative estimate of drug-likeness (QED) is 0.731. The van der Waals surface area contributed by atoms with Crippen LogP contribution in [0.4, 0.5) is 5.69 Å². The number of para-hydroxylation sites is 2. The molecule has 0 bridgehead atoms. The molecule has 1 heterocycles. The molecule has 28 heavy (non-hydrogen) atoms. The van der Waals surface area contributed by atoms with E-state index in [9.17, 15) is 13.2 Å². The predicted octanol–water partition coefficient (Wildman–Crippen LogP) is 2.89. The van der Waals surface area contributed by atoms with E-state index < -0.39 is 10.0 Å². The van der Waals surface area contributed by atoms with E-state index >= 15 is 0 Å². The lowest BCUT2D eigenvalue weighted by Crippen LogP contribution is -2.28. The standard InChI is InChI=1S/C20H24N2O5S/c1-2-26-18-10-3-4-11-19(18)27-15-20(23)21-16-8-7-9-17(14-16)28(24,25)22-12-5-6-13-22/h3-4,7-11,14H,2,5-6,12-13,15H2,1H3,(H,21,23). The summed E-state index contributed by atoms with van der Waals surface area (Å²) in [6, 6.07) is 13.4. The van der Waals surface area contributed by atoms with Crippen LogP contribution < -0.4 is 14.8 Å². The summed E-state index contributed by atoms with van der Waals surface area (Å²) in [5.41, 5.74) is 0.409. The van der Waals surface area contributed by atoms with Crippen molar-refractivity contribution in [1.29, 1.82) is 0 Å². The molecular weight excluding hydrogens is 380 g/mol. The summed E-state index contributed by atoms with van der Waals surface area (Å²) in [6.07, 6.45) is 1.74. The number of amides is 1. The normalized spacial score (nSPS) is 14.6. The number of benzene rings is 2.